The Hall–Kier alpha value is -2.91. The molecule has 0 unspecified atom stereocenters. The number of amides is 1. The molecular formula is C16H17N5O3S. The minimum atomic E-state index is -3.62. The molecule has 4 N–H and O–H groups in total. The fraction of sp³-hybridized carbons (Fsp3) is 0.125. The molecule has 1 heterocycles. The number of hydrogen-bond donors (Lipinski definition) is 4. The lowest BCUT2D eigenvalue weighted by Crippen LogP contribution is -2.26. The van der Waals surface area contributed by atoms with Crippen molar-refractivity contribution in [3.05, 3.63) is 54.1 Å². The van der Waals surface area contributed by atoms with Gasteiger partial charge in [0.2, 0.25) is 5.91 Å². The van der Waals surface area contributed by atoms with Crippen molar-refractivity contribution in [3.8, 4) is 0 Å². The number of carbonyl (C=O) groups is 1. The number of anilines is 2. The summed E-state index contributed by atoms with van der Waals surface area (Å²) < 4.78 is 27.7. The van der Waals surface area contributed by atoms with Crippen LogP contribution >= 0.6 is 0 Å². The van der Waals surface area contributed by atoms with E-state index in [0.717, 1.165) is 5.56 Å². The van der Waals surface area contributed by atoms with Gasteiger partial charge in [-0.15, -0.1) is 0 Å². The second-order valence-electron chi connectivity index (χ2n) is 5.35. The number of aromatic amines is 1. The quantitative estimate of drug-likeness (QED) is 0.535. The molecular weight excluding hydrogens is 342 g/mol. The first-order valence-corrected chi connectivity index (χ1v) is 8.98. The van der Waals surface area contributed by atoms with E-state index in [9.17, 15) is 13.2 Å². The van der Waals surface area contributed by atoms with Gasteiger partial charge in [0.1, 0.15) is 0 Å². The molecule has 3 aromatic rings. The lowest BCUT2D eigenvalue weighted by molar-refractivity contribution is -0.115. The monoisotopic (exact) mass is 359 g/mol. The molecule has 0 spiro atoms. The van der Waals surface area contributed by atoms with E-state index in [1.807, 2.05) is 30.3 Å². The van der Waals surface area contributed by atoms with Gasteiger partial charge in [-0.1, -0.05) is 30.3 Å². The summed E-state index contributed by atoms with van der Waals surface area (Å²) in [5.41, 5.74) is 1.94. The number of rotatable bonds is 6. The van der Waals surface area contributed by atoms with Crippen LogP contribution in [0.15, 0.2) is 48.5 Å². The van der Waals surface area contributed by atoms with Gasteiger partial charge < -0.3 is 5.32 Å². The normalized spacial score (nSPS) is 11.4. The Morgan fingerprint density at radius 3 is 2.64 bits per heavy atom. The standard InChI is InChI=1S/C16H17N5O3S/c1-17-25(23,24)21-12-7-8-14-13(10-12)16(20-19-14)18-15(22)9-11-5-3-2-4-6-11/h2-8,10,17,21H,9H2,1H3,(H2,18,19,20,22). The van der Waals surface area contributed by atoms with Crippen LogP contribution in [0.4, 0.5) is 11.5 Å². The van der Waals surface area contributed by atoms with Gasteiger partial charge in [-0.25, -0.2) is 4.72 Å². The van der Waals surface area contributed by atoms with Crippen molar-refractivity contribution >= 4 is 38.5 Å². The molecule has 1 aromatic heterocycles. The van der Waals surface area contributed by atoms with Crippen molar-refractivity contribution in [3.63, 3.8) is 0 Å². The minimum Gasteiger partial charge on any atom is -0.308 e. The number of aromatic nitrogens is 2. The summed E-state index contributed by atoms with van der Waals surface area (Å²) in [7, 11) is -2.31. The first kappa shape index (κ1) is 16.9. The van der Waals surface area contributed by atoms with Gasteiger partial charge in [0.25, 0.3) is 10.2 Å². The van der Waals surface area contributed by atoms with Crippen LogP contribution in [0.1, 0.15) is 5.56 Å². The fourth-order valence-corrected chi connectivity index (χ4v) is 2.88. The van der Waals surface area contributed by atoms with Crippen LogP contribution in [-0.4, -0.2) is 31.6 Å². The van der Waals surface area contributed by atoms with Crippen LogP contribution in [0, 0.1) is 0 Å². The molecule has 3 rings (SSSR count). The molecule has 0 fully saturated rings. The Morgan fingerprint density at radius 1 is 1.16 bits per heavy atom. The molecule has 25 heavy (non-hydrogen) atoms. The second kappa shape index (κ2) is 6.91. The van der Waals surface area contributed by atoms with Gasteiger partial charge in [-0.05, 0) is 23.8 Å². The Kier molecular flexibility index (Phi) is 4.68. The van der Waals surface area contributed by atoms with Crippen LogP contribution in [-0.2, 0) is 21.4 Å². The van der Waals surface area contributed by atoms with Gasteiger partial charge in [-0.3, -0.25) is 14.6 Å². The smallest absolute Gasteiger partial charge is 0.298 e. The summed E-state index contributed by atoms with van der Waals surface area (Å²) in [5.74, 6) is 0.141. The van der Waals surface area contributed by atoms with Gasteiger partial charge in [0, 0.05) is 12.4 Å². The maximum absolute atomic E-state index is 12.2. The number of H-pyrrole nitrogens is 1. The highest BCUT2D eigenvalue weighted by Crippen LogP contribution is 2.24. The van der Waals surface area contributed by atoms with E-state index >= 15 is 0 Å². The summed E-state index contributed by atoms with van der Waals surface area (Å²) in [6.07, 6.45) is 0.223. The molecule has 0 aliphatic heterocycles. The number of hydrogen-bond acceptors (Lipinski definition) is 4. The third-order valence-corrected chi connectivity index (χ3v) is 4.59. The second-order valence-corrected chi connectivity index (χ2v) is 6.97. The number of nitrogens with one attached hydrogen (secondary N) is 4. The summed E-state index contributed by atoms with van der Waals surface area (Å²) in [6.45, 7) is 0. The molecule has 0 aliphatic rings. The number of benzene rings is 2. The predicted molar refractivity (Wildman–Crippen MR) is 96.5 cm³/mol. The zero-order valence-corrected chi connectivity index (χ0v) is 14.2. The van der Waals surface area contributed by atoms with Crippen LogP contribution in [0.5, 0.6) is 0 Å². The number of fused-ring (bicyclic) bond motifs is 1. The molecule has 0 aliphatic carbocycles. The Balaban J connectivity index is 1.80. The Labute approximate surface area is 144 Å². The van der Waals surface area contributed by atoms with Crippen molar-refractivity contribution in [2.45, 2.75) is 6.42 Å². The summed E-state index contributed by atoms with van der Waals surface area (Å²) in [5, 5.41) is 10.2. The van der Waals surface area contributed by atoms with Crippen LogP contribution in [0.3, 0.4) is 0 Å². The highest BCUT2D eigenvalue weighted by atomic mass is 32.2. The minimum absolute atomic E-state index is 0.208. The van der Waals surface area contributed by atoms with E-state index in [2.05, 4.69) is 25.0 Å². The van der Waals surface area contributed by atoms with Crippen molar-refractivity contribution < 1.29 is 13.2 Å². The molecule has 9 heteroatoms. The largest absolute Gasteiger partial charge is 0.308 e. The molecule has 0 atom stereocenters. The maximum Gasteiger partial charge on any atom is 0.298 e. The fourth-order valence-electron chi connectivity index (χ4n) is 2.34. The average Bonchev–Trinajstić information content (AvgIpc) is 2.97. The lowest BCUT2D eigenvalue weighted by atomic mass is 10.1. The third-order valence-electron chi connectivity index (χ3n) is 3.55. The Morgan fingerprint density at radius 2 is 1.92 bits per heavy atom. The van der Waals surface area contributed by atoms with Crippen LogP contribution in [0.2, 0.25) is 0 Å². The number of nitrogens with zero attached hydrogens (tertiary/aromatic N) is 1. The summed E-state index contributed by atoms with van der Waals surface area (Å²) in [4.78, 5) is 12.2. The van der Waals surface area contributed by atoms with Crippen molar-refractivity contribution in [1.29, 1.82) is 0 Å². The van der Waals surface area contributed by atoms with Crippen molar-refractivity contribution in [2.24, 2.45) is 0 Å². The zero-order chi connectivity index (χ0) is 17.9. The molecule has 0 saturated heterocycles. The summed E-state index contributed by atoms with van der Waals surface area (Å²) in [6, 6.07) is 14.2. The lowest BCUT2D eigenvalue weighted by Gasteiger charge is -2.07. The Bertz CT molecular complexity index is 999. The van der Waals surface area contributed by atoms with Crippen LogP contribution < -0.4 is 14.8 Å². The topological polar surface area (TPSA) is 116 Å². The van der Waals surface area contributed by atoms with Crippen molar-refractivity contribution in [2.75, 3.05) is 17.1 Å². The van der Waals surface area contributed by atoms with Gasteiger partial charge in [0.05, 0.1) is 17.6 Å². The maximum atomic E-state index is 12.2. The molecule has 8 nitrogen and oxygen atoms in total. The molecule has 130 valence electrons. The van der Waals surface area contributed by atoms with E-state index in [-0.39, 0.29) is 12.3 Å². The molecule has 0 saturated carbocycles. The first-order valence-electron chi connectivity index (χ1n) is 7.50. The highest BCUT2D eigenvalue weighted by Gasteiger charge is 2.12. The SMILES string of the molecule is CNS(=O)(=O)Nc1ccc2[nH]nc(NC(=O)Cc3ccccc3)c2c1. The predicted octanol–water partition coefficient (Wildman–Crippen LogP) is 1.62. The zero-order valence-electron chi connectivity index (χ0n) is 13.4. The van der Waals surface area contributed by atoms with E-state index in [4.69, 9.17) is 0 Å². The highest BCUT2D eigenvalue weighted by molar-refractivity contribution is 7.90. The van der Waals surface area contributed by atoms with Gasteiger partial charge in [-0.2, -0.15) is 13.5 Å². The van der Waals surface area contributed by atoms with E-state index in [1.165, 1.54) is 7.05 Å². The summed E-state index contributed by atoms with van der Waals surface area (Å²) >= 11 is 0. The average molecular weight is 359 g/mol. The number of carbonyl (C=O) groups excluding carboxylic acids is 1. The molecule has 2 aromatic carbocycles. The molecule has 0 radical (unpaired) electrons. The molecule has 0 bridgehead atoms. The van der Waals surface area contributed by atoms with Crippen molar-refractivity contribution in [1.82, 2.24) is 14.9 Å². The first-order chi connectivity index (χ1) is 12.0. The van der Waals surface area contributed by atoms with E-state index < -0.39 is 10.2 Å². The third kappa shape index (κ3) is 4.14. The van der Waals surface area contributed by atoms with Gasteiger partial charge in [0.15, 0.2) is 5.82 Å². The molecule has 1 amide bonds. The van der Waals surface area contributed by atoms with Gasteiger partial charge >= 0.3 is 0 Å². The van der Waals surface area contributed by atoms with E-state index in [1.54, 1.807) is 18.2 Å². The van der Waals surface area contributed by atoms with Crippen LogP contribution in [0.25, 0.3) is 10.9 Å². The van der Waals surface area contributed by atoms with E-state index in [0.29, 0.717) is 22.4 Å².